The first-order valence-electron chi connectivity index (χ1n) is 18.6. The third-order valence-electron chi connectivity index (χ3n) is 9.68. The number of hydrogen-bond donors (Lipinski definition) is 2. The summed E-state index contributed by atoms with van der Waals surface area (Å²) >= 11 is 0. The lowest BCUT2D eigenvalue weighted by molar-refractivity contribution is 0.250. The summed E-state index contributed by atoms with van der Waals surface area (Å²) in [7, 11) is -3.82. The molecule has 0 saturated carbocycles. The Balaban J connectivity index is 1.36. The summed E-state index contributed by atoms with van der Waals surface area (Å²) in [5, 5.41) is 0. The van der Waals surface area contributed by atoms with Crippen LogP contribution in [0.3, 0.4) is 0 Å². The molecule has 10 nitrogen and oxygen atoms in total. The molecule has 0 aromatic heterocycles. The Morgan fingerprint density at radius 2 is 0.889 bits per heavy atom. The highest BCUT2D eigenvalue weighted by Crippen LogP contribution is 2.33. The molecule has 4 aromatic carbocycles. The van der Waals surface area contributed by atoms with Crippen LogP contribution in [0.15, 0.2) is 84.9 Å². The van der Waals surface area contributed by atoms with Gasteiger partial charge in [0.15, 0.2) is 0 Å². The summed E-state index contributed by atoms with van der Waals surface area (Å²) in [6.07, 6.45) is 8.28. The third kappa shape index (κ3) is 14.0. The van der Waals surface area contributed by atoms with Crippen molar-refractivity contribution in [1.82, 2.24) is 9.80 Å². The topological polar surface area (TPSA) is 117 Å². The molecule has 54 heavy (non-hydrogen) atoms. The van der Waals surface area contributed by atoms with Crippen LogP contribution >= 0.6 is 0 Å². The molecule has 0 bridgehead atoms. The monoisotopic (exact) mass is 778 g/mol. The van der Waals surface area contributed by atoms with E-state index in [-0.39, 0.29) is 0 Å². The van der Waals surface area contributed by atoms with Gasteiger partial charge in [0.2, 0.25) is 20.0 Å². The Kier molecular flexibility index (Phi) is 16.2. The number of ether oxygens (including phenoxy) is 2. The van der Waals surface area contributed by atoms with E-state index in [0.717, 1.165) is 113 Å². The van der Waals surface area contributed by atoms with E-state index < -0.39 is 20.0 Å². The maximum atomic E-state index is 12.1. The van der Waals surface area contributed by atoms with Gasteiger partial charge in [-0.25, -0.2) is 16.8 Å². The van der Waals surface area contributed by atoms with Crippen molar-refractivity contribution in [3.8, 4) is 11.5 Å². The predicted octanol–water partition coefficient (Wildman–Crippen LogP) is 7.41. The van der Waals surface area contributed by atoms with E-state index in [1.807, 2.05) is 50.2 Å². The lowest BCUT2D eigenvalue weighted by Crippen LogP contribution is -2.28. The molecular weight excluding hydrogens is 721 g/mol. The number of anilines is 2. The van der Waals surface area contributed by atoms with Crippen molar-refractivity contribution in [3.05, 3.63) is 118 Å². The van der Waals surface area contributed by atoms with E-state index in [2.05, 4.69) is 67.8 Å². The lowest BCUT2D eigenvalue weighted by Gasteiger charge is -2.25. The van der Waals surface area contributed by atoms with Gasteiger partial charge in [0.05, 0.1) is 38.1 Å². The first-order valence-corrected chi connectivity index (χ1v) is 22.4. The minimum absolute atomic E-state index is 0.501. The van der Waals surface area contributed by atoms with Crippen molar-refractivity contribution in [2.45, 2.75) is 65.5 Å². The first-order chi connectivity index (χ1) is 25.8. The van der Waals surface area contributed by atoms with Gasteiger partial charge in [0, 0.05) is 26.2 Å². The molecule has 0 atom stereocenters. The number of nitrogens with one attached hydrogen (secondary N) is 2. The van der Waals surface area contributed by atoms with Crippen LogP contribution < -0.4 is 18.9 Å². The fourth-order valence-electron chi connectivity index (χ4n) is 6.77. The zero-order chi connectivity index (χ0) is 39.1. The van der Waals surface area contributed by atoms with E-state index in [1.54, 1.807) is 14.2 Å². The van der Waals surface area contributed by atoms with Crippen molar-refractivity contribution in [2.75, 3.05) is 62.4 Å². The van der Waals surface area contributed by atoms with E-state index in [0.29, 0.717) is 22.9 Å². The fraction of sp³-hybridized carbons (Fsp3) is 0.429. The molecule has 2 N–H and O–H groups in total. The Hall–Kier alpha value is -4.10. The van der Waals surface area contributed by atoms with Crippen molar-refractivity contribution < 1.29 is 26.3 Å². The molecule has 0 saturated heterocycles. The van der Waals surface area contributed by atoms with Gasteiger partial charge in [0.25, 0.3) is 0 Å². The molecule has 0 fully saturated rings. The number of nitrogens with zero attached hydrogens (tertiary/aromatic N) is 2. The Morgan fingerprint density at radius 1 is 0.519 bits per heavy atom. The van der Waals surface area contributed by atoms with Gasteiger partial charge >= 0.3 is 0 Å². The molecule has 0 aliphatic heterocycles. The van der Waals surface area contributed by atoms with E-state index in [4.69, 9.17) is 9.47 Å². The van der Waals surface area contributed by atoms with E-state index >= 15 is 0 Å². The molecule has 0 heterocycles. The number of sulfonamides is 2. The number of rotatable bonds is 23. The highest BCUT2D eigenvalue weighted by atomic mass is 32.2. The Labute approximate surface area is 324 Å². The quantitative estimate of drug-likeness (QED) is 0.0749. The van der Waals surface area contributed by atoms with Crippen molar-refractivity contribution >= 4 is 31.4 Å². The number of methoxy groups -OCH3 is 2. The molecule has 4 aromatic rings. The maximum Gasteiger partial charge on any atom is 0.229 e. The molecule has 0 amide bonds. The molecular formula is C42H58N4O6S2. The van der Waals surface area contributed by atoms with Crippen molar-refractivity contribution in [1.29, 1.82) is 0 Å². The Bertz CT molecular complexity index is 1850. The van der Waals surface area contributed by atoms with E-state index in [9.17, 15) is 16.8 Å². The third-order valence-corrected chi connectivity index (χ3v) is 10.8. The predicted molar refractivity (Wildman–Crippen MR) is 222 cm³/mol. The van der Waals surface area contributed by atoms with Crippen LogP contribution in [0.25, 0.3) is 0 Å². The van der Waals surface area contributed by atoms with Crippen LogP contribution in [0.2, 0.25) is 0 Å². The van der Waals surface area contributed by atoms with Gasteiger partial charge in [-0.2, -0.15) is 0 Å². The highest BCUT2D eigenvalue weighted by Gasteiger charge is 2.17. The summed E-state index contributed by atoms with van der Waals surface area (Å²) in [6.45, 7) is 9.21. The number of hydrogen-bond acceptors (Lipinski definition) is 8. The SMILES string of the molecule is COc1ccc(CCN(CCCCCCN(CCc2ccc(OC)c(NS(C)(=O)=O)c2C)Cc2ccccc2)Cc2ccccc2)c(C)c1NS(C)(=O)=O. The Morgan fingerprint density at radius 3 is 1.22 bits per heavy atom. The molecule has 4 rings (SSSR count). The average molecular weight is 779 g/mol. The summed E-state index contributed by atoms with van der Waals surface area (Å²) in [5.41, 5.74) is 7.48. The smallest absolute Gasteiger partial charge is 0.229 e. The van der Waals surface area contributed by atoms with Crippen molar-refractivity contribution in [3.63, 3.8) is 0 Å². The lowest BCUT2D eigenvalue weighted by atomic mass is 10.0. The van der Waals surface area contributed by atoms with Crippen LogP contribution in [-0.4, -0.2) is 79.5 Å². The summed E-state index contributed by atoms with van der Waals surface area (Å²) in [4.78, 5) is 4.99. The second-order valence-corrected chi connectivity index (χ2v) is 17.5. The van der Waals surface area contributed by atoms with Crippen LogP contribution in [0.1, 0.15) is 59.1 Å². The van der Waals surface area contributed by atoms with Crippen molar-refractivity contribution in [2.24, 2.45) is 0 Å². The zero-order valence-corrected chi connectivity index (χ0v) is 34.4. The summed E-state index contributed by atoms with van der Waals surface area (Å²) in [5.74, 6) is 1.02. The molecule has 294 valence electrons. The van der Waals surface area contributed by atoms with Gasteiger partial charge in [-0.05, 0) is 98.1 Å². The molecule has 0 radical (unpaired) electrons. The summed E-state index contributed by atoms with van der Waals surface area (Å²) in [6, 6.07) is 28.8. The molecule has 12 heteroatoms. The second-order valence-electron chi connectivity index (χ2n) is 14.0. The van der Waals surface area contributed by atoms with E-state index in [1.165, 1.54) is 11.1 Å². The van der Waals surface area contributed by atoms with Gasteiger partial charge < -0.3 is 9.47 Å². The minimum atomic E-state index is -3.46. The van der Waals surface area contributed by atoms with Gasteiger partial charge in [-0.15, -0.1) is 0 Å². The normalized spacial score (nSPS) is 11.9. The van der Waals surface area contributed by atoms with Crippen LogP contribution in [0.5, 0.6) is 11.5 Å². The molecule has 0 unspecified atom stereocenters. The first kappa shape index (κ1) is 42.6. The van der Waals surface area contributed by atoms with Crippen LogP contribution in [-0.2, 0) is 46.0 Å². The average Bonchev–Trinajstić information content (AvgIpc) is 3.13. The maximum absolute atomic E-state index is 12.1. The second kappa shape index (κ2) is 20.5. The molecule has 0 spiro atoms. The summed E-state index contributed by atoms with van der Waals surface area (Å²) < 4.78 is 64.6. The van der Waals surface area contributed by atoms with Crippen LogP contribution in [0.4, 0.5) is 11.4 Å². The molecule has 0 aliphatic carbocycles. The highest BCUT2D eigenvalue weighted by molar-refractivity contribution is 7.92. The zero-order valence-electron chi connectivity index (χ0n) is 32.7. The van der Waals surface area contributed by atoms with Gasteiger partial charge in [-0.1, -0.05) is 85.6 Å². The van der Waals surface area contributed by atoms with Gasteiger partial charge in [-0.3, -0.25) is 19.2 Å². The number of benzene rings is 4. The fourth-order valence-corrected chi connectivity index (χ4v) is 8.02. The largest absolute Gasteiger partial charge is 0.495 e. The standard InChI is InChI=1S/C42H58N4O6S2/c1-33-37(21-23-39(51-3)41(33)43-53(5,47)48)25-29-45(31-35-17-11-9-12-18-35)27-15-7-8-16-28-46(32-36-19-13-10-14-20-36)30-26-38-22-24-40(52-4)42(34(38)2)44-54(6,49)50/h9-14,17-24,43-44H,7-8,15-16,25-32H2,1-6H3. The minimum Gasteiger partial charge on any atom is -0.495 e. The van der Waals surface area contributed by atoms with Gasteiger partial charge in [0.1, 0.15) is 11.5 Å². The van der Waals surface area contributed by atoms with Crippen LogP contribution in [0, 0.1) is 13.8 Å². The molecule has 0 aliphatic rings. The number of unbranched alkanes of at least 4 members (excludes halogenated alkanes) is 3.